The van der Waals surface area contributed by atoms with Crippen molar-refractivity contribution in [3.8, 4) is 11.5 Å². The minimum Gasteiger partial charge on any atom is -1.00 e. The van der Waals surface area contributed by atoms with E-state index < -0.39 is 18.1 Å². The molecule has 8 nitrogen and oxygen atoms in total. The van der Waals surface area contributed by atoms with E-state index in [0.29, 0.717) is 24.9 Å². The van der Waals surface area contributed by atoms with Crippen molar-refractivity contribution in [2.75, 3.05) is 6.54 Å². The van der Waals surface area contributed by atoms with E-state index in [1.807, 2.05) is 0 Å². The standard InChI is InChI=1S/C14H22N4O4.Na.H/c1-8(10-5-4-9(19)7-12(10)20)18-11(13(21)22)3-2-6-17-14(15)16;;/h4-5,7-8,11,18-20H,2-3,6H2,1H3,(H,21,22)(H4,15,16,17);;/q;+1;-1. The first-order valence-corrected chi connectivity index (χ1v) is 6.87. The molecule has 1 rings (SSSR count). The first-order valence-electron chi connectivity index (χ1n) is 6.87. The number of rotatable bonds is 8. The van der Waals surface area contributed by atoms with Gasteiger partial charge < -0.3 is 28.2 Å². The van der Waals surface area contributed by atoms with Crippen LogP contribution in [-0.4, -0.2) is 39.8 Å². The second kappa shape index (κ2) is 10.3. The summed E-state index contributed by atoms with van der Waals surface area (Å²) >= 11 is 0. The molecule has 8 N–H and O–H groups in total. The summed E-state index contributed by atoms with van der Waals surface area (Å²) in [6.45, 7) is 2.09. The van der Waals surface area contributed by atoms with E-state index >= 15 is 0 Å². The number of aliphatic carboxylic acids is 1. The van der Waals surface area contributed by atoms with E-state index in [-0.39, 0.29) is 48.4 Å². The molecule has 2 unspecified atom stereocenters. The number of aliphatic imine (C=N–C) groups is 1. The van der Waals surface area contributed by atoms with Crippen molar-refractivity contribution >= 4 is 11.9 Å². The van der Waals surface area contributed by atoms with Gasteiger partial charge in [-0.15, -0.1) is 0 Å². The molecule has 1 aromatic rings. The number of phenols is 2. The molecular weight excluding hydrogens is 311 g/mol. The fourth-order valence-corrected chi connectivity index (χ4v) is 2.07. The van der Waals surface area contributed by atoms with Crippen LogP contribution in [0.15, 0.2) is 23.2 Å². The smallest absolute Gasteiger partial charge is 1.00 e. The molecule has 0 aliphatic rings. The van der Waals surface area contributed by atoms with Gasteiger partial charge in [-0.05, 0) is 25.8 Å². The number of guanidine groups is 1. The zero-order valence-electron chi connectivity index (χ0n) is 14.4. The molecule has 9 heteroatoms. The fourth-order valence-electron chi connectivity index (χ4n) is 2.07. The quantitative estimate of drug-likeness (QED) is 0.131. The van der Waals surface area contributed by atoms with Gasteiger partial charge in [-0.1, -0.05) is 6.07 Å². The zero-order chi connectivity index (χ0) is 16.7. The van der Waals surface area contributed by atoms with Crippen LogP contribution in [0.4, 0.5) is 0 Å². The molecule has 0 amide bonds. The van der Waals surface area contributed by atoms with E-state index in [0.717, 1.165) is 0 Å². The predicted molar refractivity (Wildman–Crippen MR) is 83.8 cm³/mol. The summed E-state index contributed by atoms with van der Waals surface area (Å²) in [5, 5.41) is 31.2. The van der Waals surface area contributed by atoms with Gasteiger partial charge in [0.25, 0.3) is 0 Å². The summed E-state index contributed by atoms with van der Waals surface area (Å²) in [6, 6.07) is 2.99. The average Bonchev–Trinajstić information content (AvgIpc) is 2.41. The van der Waals surface area contributed by atoms with E-state index in [1.165, 1.54) is 12.1 Å². The Labute approximate surface area is 158 Å². The molecular formula is C14H23N4NaO4. The maximum absolute atomic E-state index is 11.3. The average molecular weight is 334 g/mol. The van der Waals surface area contributed by atoms with Crippen molar-refractivity contribution in [3.05, 3.63) is 23.8 Å². The number of carbonyl (C=O) groups is 1. The molecule has 0 fully saturated rings. The monoisotopic (exact) mass is 334 g/mol. The summed E-state index contributed by atoms with van der Waals surface area (Å²) in [5.74, 6) is -1.16. The Morgan fingerprint density at radius 3 is 2.57 bits per heavy atom. The molecule has 0 spiro atoms. The molecule has 0 aliphatic heterocycles. The number of hydrogen-bond acceptors (Lipinski definition) is 5. The van der Waals surface area contributed by atoms with Gasteiger partial charge in [-0.2, -0.15) is 0 Å². The molecule has 0 saturated heterocycles. The van der Waals surface area contributed by atoms with Crippen LogP contribution in [0.1, 0.15) is 32.8 Å². The van der Waals surface area contributed by atoms with Gasteiger partial charge in [-0.3, -0.25) is 15.1 Å². The number of benzene rings is 1. The van der Waals surface area contributed by atoms with Crippen LogP contribution < -0.4 is 46.3 Å². The maximum Gasteiger partial charge on any atom is 1.00 e. The van der Waals surface area contributed by atoms with E-state index in [9.17, 15) is 20.1 Å². The molecule has 2 atom stereocenters. The zero-order valence-corrected chi connectivity index (χ0v) is 15.4. The van der Waals surface area contributed by atoms with Crippen LogP contribution in [0.3, 0.4) is 0 Å². The molecule has 0 aliphatic carbocycles. The number of nitrogens with two attached hydrogens (primary N) is 2. The Morgan fingerprint density at radius 2 is 2.04 bits per heavy atom. The molecule has 0 radical (unpaired) electrons. The van der Waals surface area contributed by atoms with Gasteiger partial charge in [0.1, 0.15) is 17.5 Å². The number of hydrogen-bond donors (Lipinski definition) is 6. The van der Waals surface area contributed by atoms with E-state index in [4.69, 9.17) is 11.5 Å². The number of nitrogens with one attached hydrogen (secondary N) is 1. The van der Waals surface area contributed by atoms with Crippen molar-refractivity contribution in [2.45, 2.75) is 31.8 Å². The van der Waals surface area contributed by atoms with Gasteiger partial charge in [0.2, 0.25) is 0 Å². The van der Waals surface area contributed by atoms with Gasteiger partial charge in [0.15, 0.2) is 5.96 Å². The number of nitrogens with zero attached hydrogens (tertiary/aromatic N) is 1. The van der Waals surface area contributed by atoms with Crippen molar-refractivity contribution in [2.24, 2.45) is 16.5 Å². The topological polar surface area (TPSA) is 154 Å². The third-order valence-corrected chi connectivity index (χ3v) is 3.18. The van der Waals surface area contributed by atoms with Crippen LogP contribution in [0.2, 0.25) is 0 Å². The summed E-state index contributed by atoms with van der Waals surface area (Å²) < 4.78 is 0. The molecule has 0 bridgehead atoms. The van der Waals surface area contributed by atoms with Crippen molar-refractivity contribution in [3.63, 3.8) is 0 Å². The normalized spacial score (nSPS) is 12.7. The number of aromatic hydroxyl groups is 2. The van der Waals surface area contributed by atoms with Crippen LogP contribution in [0.5, 0.6) is 11.5 Å². The molecule has 0 heterocycles. The SMILES string of the molecule is CC(NC(CCCN=C(N)N)C(=O)O)c1ccc(O)cc1O.[H-].[Na+]. The number of phenolic OH excluding ortho intramolecular Hbond substituents is 2. The summed E-state index contributed by atoms with van der Waals surface area (Å²) in [5.41, 5.74) is 10.9. The minimum absolute atomic E-state index is 0. The van der Waals surface area contributed by atoms with Crippen LogP contribution >= 0.6 is 0 Å². The Morgan fingerprint density at radius 1 is 1.39 bits per heavy atom. The van der Waals surface area contributed by atoms with Gasteiger partial charge in [0, 0.05) is 24.2 Å². The second-order valence-corrected chi connectivity index (χ2v) is 4.97. The molecule has 23 heavy (non-hydrogen) atoms. The second-order valence-electron chi connectivity index (χ2n) is 4.97. The Hall–Kier alpha value is -1.48. The van der Waals surface area contributed by atoms with Gasteiger partial charge in [0.05, 0.1) is 0 Å². The van der Waals surface area contributed by atoms with Crippen molar-refractivity contribution in [1.29, 1.82) is 0 Å². The molecule has 1 aromatic carbocycles. The molecule has 0 aromatic heterocycles. The first kappa shape index (κ1) is 21.5. The summed E-state index contributed by atoms with van der Waals surface area (Å²) in [7, 11) is 0. The minimum atomic E-state index is -0.991. The first-order chi connectivity index (χ1) is 10.3. The Kier molecular flexibility index (Phi) is 9.66. The van der Waals surface area contributed by atoms with Crippen LogP contribution in [0.25, 0.3) is 0 Å². The number of carboxylic acid groups (broad SMARTS) is 1. The third kappa shape index (κ3) is 7.56. The number of carboxylic acids is 1. The van der Waals surface area contributed by atoms with Gasteiger partial charge >= 0.3 is 35.5 Å². The molecule has 124 valence electrons. The van der Waals surface area contributed by atoms with E-state index in [2.05, 4.69) is 10.3 Å². The summed E-state index contributed by atoms with van der Waals surface area (Å²) in [6.07, 6.45) is 0.853. The van der Waals surface area contributed by atoms with Crippen molar-refractivity contribution in [1.82, 2.24) is 5.32 Å². The third-order valence-electron chi connectivity index (χ3n) is 3.18. The predicted octanol–water partition coefficient (Wildman–Crippen LogP) is -2.63. The Bertz CT molecular complexity index is 556. The fraction of sp³-hybridized carbons (Fsp3) is 0.429. The van der Waals surface area contributed by atoms with Crippen LogP contribution in [-0.2, 0) is 4.79 Å². The summed E-state index contributed by atoms with van der Waals surface area (Å²) in [4.78, 5) is 15.1. The Balaban J connectivity index is 0. The largest absolute Gasteiger partial charge is 1.00 e. The van der Waals surface area contributed by atoms with E-state index in [1.54, 1.807) is 13.0 Å². The van der Waals surface area contributed by atoms with Crippen molar-refractivity contribution < 1.29 is 51.1 Å². The molecule has 0 saturated carbocycles. The van der Waals surface area contributed by atoms with Gasteiger partial charge in [-0.25, -0.2) is 0 Å². The van der Waals surface area contributed by atoms with Crippen LogP contribution in [0, 0.1) is 0 Å². The maximum atomic E-state index is 11.3.